The molecule has 210 valence electrons. The van der Waals surface area contributed by atoms with E-state index >= 15 is 0 Å². The molecule has 12 heteroatoms. The molecule has 10 nitrogen and oxygen atoms in total. The molecule has 0 aliphatic heterocycles. The Morgan fingerprint density at radius 2 is 1.83 bits per heavy atom. The van der Waals surface area contributed by atoms with Gasteiger partial charge in [0.05, 0.1) is 12.1 Å². The van der Waals surface area contributed by atoms with Gasteiger partial charge in [-0.3, -0.25) is 0 Å². The summed E-state index contributed by atoms with van der Waals surface area (Å²) in [5.41, 5.74) is 2.81. The number of nitrogens with zero attached hydrogens (tertiary/aromatic N) is 6. The van der Waals surface area contributed by atoms with E-state index < -0.39 is 12.1 Å². The zero-order chi connectivity index (χ0) is 28.6. The fourth-order valence-electron chi connectivity index (χ4n) is 4.32. The summed E-state index contributed by atoms with van der Waals surface area (Å²) in [6, 6.07) is 22.2. The minimum absolute atomic E-state index is 0.295. The number of halogens is 1. The van der Waals surface area contributed by atoms with Crippen LogP contribution in [0.2, 0.25) is 5.02 Å². The topological polar surface area (TPSA) is 132 Å². The van der Waals surface area contributed by atoms with Crippen molar-refractivity contribution in [1.29, 1.82) is 0 Å². The highest BCUT2D eigenvalue weighted by atomic mass is 35.5. The Morgan fingerprint density at radius 3 is 2.56 bits per heavy atom. The van der Waals surface area contributed by atoms with Crippen LogP contribution in [0, 0.1) is 0 Å². The molecule has 2 aromatic heterocycles. The molecule has 5 rings (SSSR count). The average molecular weight is 590 g/mol. The summed E-state index contributed by atoms with van der Waals surface area (Å²) >= 11 is 7.93. The van der Waals surface area contributed by atoms with Crippen molar-refractivity contribution in [2.24, 2.45) is 0 Å². The summed E-state index contributed by atoms with van der Waals surface area (Å²) in [6.07, 6.45) is 2.21. The van der Waals surface area contributed by atoms with Crippen molar-refractivity contribution in [2.45, 2.75) is 49.7 Å². The number of rotatable bonds is 13. The van der Waals surface area contributed by atoms with Gasteiger partial charge in [0, 0.05) is 22.8 Å². The molecule has 0 aliphatic rings. The number of hydrogen-bond acceptors (Lipinski definition) is 8. The first-order valence-electron chi connectivity index (χ1n) is 13.1. The van der Waals surface area contributed by atoms with Crippen LogP contribution in [-0.4, -0.2) is 46.5 Å². The Bertz CT molecular complexity index is 1590. The number of ether oxygens (including phenoxy) is 1. The highest BCUT2D eigenvalue weighted by Crippen LogP contribution is 2.31. The molecule has 3 aromatic carbocycles. The third kappa shape index (κ3) is 6.93. The van der Waals surface area contributed by atoms with E-state index in [9.17, 15) is 9.90 Å². The molecule has 5 aromatic rings. The number of aryl methyl sites for hydroxylation is 1. The lowest BCUT2D eigenvalue weighted by atomic mass is 10.1. The number of carboxylic acids is 1. The van der Waals surface area contributed by atoms with Gasteiger partial charge in [-0.05, 0) is 41.8 Å². The smallest absolute Gasteiger partial charge is 0.335 e. The number of benzene rings is 3. The molecule has 0 fully saturated rings. The molecular weight excluding hydrogens is 562 g/mol. The zero-order valence-corrected chi connectivity index (χ0v) is 23.8. The number of nitrogens with one attached hydrogen (secondary N) is 1. The van der Waals surface area contributed by atoms with E-state index in [1.807, 2.05) is 54.6 Å². The summed E-state index contributed by atoms with van der Waals surface area (Å²) in [6.45, 7) is 2.70. The number of thioether (sulfide) groups is 1. The monoisotopic (exact) mass is 589 g/mol. The van der Waals surface area contributed by atoms with Gasteiger partial charge in [-0.25, -0.2) is 4.79 Å². The van der Waals surface area contributed by atoms with Crippen LogP contribution < -0.4 is 4.74 Å². The van der Waals surface area contributed by atoms with Gasteiger partial charge >= 0.3 is 5.97 Å². The molecule has 2 heterocycles. The Balaban J connectivity index is 1.35. The normalized spacial score (nSPS) is 11.9. The molecule has 0 spiro atoms. The van der Waals surface area contributed by atoms with Crippen LogP contribution in [0.4, 0.5) is 0 Å². The number of aromatic carboxylic acids is 1. The summed E-state index contributed by atoms with van der Waals surface area (Å²) in [4.78, 5) is 11.7. The van der Waals surface area contributed by atoms with Crippen molar-refractivity contribution in [1.82, 2.24) is 35.4 Å². The second kappa shape index (κ2) is 13.4. The van der Waals surface area contributed by atoms with Crippen LogP contribution in [0.1, 0.15) is 64.6 Å². The SMILES string of the molecule is CCCCc1nnc(SCc2ccccc2C(=O)O)n1Cc1ccc(OC(c2nn[nH]n2)c2ccccc2Cl)cc1. The number of carbonyl (C=O) groups is 1. The Kier molecular flexibility index (Phi) is 9.27. The number of tetrazole rings is 1. The molecule has 0 radical (unpaired) electrons. The highest BCUT2D eigenvalue weighted by Gasteiger charge is 2.23. The van der Waals surface area contributed by atoms with Crippen molar-refractivity contribution in [3.63, 3.8) is 0 Å². The molecule has 1 unspecified atom stereocenters. The van der Waals surface area contributed by atoms with Crippen LogP contribution in [0.5, 0.6) is 5.75 Å². The first-order valence-corrected chi connectivity index (χ1v) is 14.5. The van der Waals surface area contributed by atoms with E-state index in [1.54, 1.807) is 18.2 Å². The number of carboxylic acid groups (broad SMARTS) is 1. The third-order valence-corrected chi connectivity index (χ3v) is 7.81. The van der Waals surface area contributed by atoms with E-state index in [0.29, 0.717) is 34.5 Å². The fourth-order valence-corrected chi connectivity index (χ4v) is 5.51. The summed E-state index contributed by atoms with van der Waals surface area (Å²) in [5, 5.41) is 34.1. The van der Waals surface area contributed by atoms with Crippen molar-refractivity contribution < 1.29 is 14.6 Å². The number of aromatic amines is 1. The second-order valence-electron chi connectivity index (χ2n) is 9.27. The summed E-state index contributed by atoms with van der Waals surface area (Å²) < 4.78 is 8.38. The largest absolute Gasteiger partial charge is 0.478 e. The molecule has 0 amide bonds. The number of aromatic nitrogens is 7. The Morgan fingerprint density at radius 1 is 1.05 bits per heavy atom. The van der Waals surface area contributed by atoms with Crippen molar-refractivity contribution in [3.8, 4) is 5.75 Å². The number of H-pyrrole nitrogens is 1. The minimum Gasteiger partial charge on any atom is -0.478 e. The van der Waals surface area contributed by atoms with Gasteiger partial charge in [-0.2, -0.15) is 5.21 Å². The van der Waals surface area contributed by atoms with Crippen LogP contribution >= 0.6 is 23.4 Å². The third-order valence-electron chi connectivity index (χ3n) is 6.45. The standard InChI is InChI=1S/C29H28ClN7O3S/c1-2-3-12-25-31-34-29(41-18-20-8-4-5-9-22(20)28(38)39)37(25)17-19-13-15-21(16-14-19)40-26(27-32-35-36-33-27)23-10-6-7-11-24(23)30/h4-11,13-16,26H,2-3,12,17-18H2,1H3,(H,38,39)(H,32,33,35,36). The van der Waals surface area contributed by atoms with E-state index in [4.69, 9.17) is 16.3 Å². The summed E-state index contributed by atoms with van der Waals surface area (Å²) in [7, 11) is 0. The van der Waals surface area contributed by atoms with Crippen LogP contribution in [0.25, 0.3) is 0 Å². The van der Waals surface area contributed by atoms with Gasteiger partial charge in [0.25, 0.3) is 0 Å². The first-order chi connectivity index (χ1) is 20.0. The number of hydrogen-bond donors (Lipinski definition) is 2. The molecular formula is C29H28ClN7O3S. The van der Waals surface area contributed by atoms with Crippen molar-refractivity contribution >= 4 is 29.3 Å². The predicted octanol–water partition coefficient (Wildman–Crippen LogP) is 5.99. The minimum atomic E-state index is -0.940. The van der Waals surface area contributed by atoms with Crippen LogP contribution in [0.3, 0.4) is 0 Å². The highest BCUT2D eigenvalue weighted by molar-refractivity contribution is 7.98. The lowest BCUT2D eigenvalue weighted by molar-refractivity contribution is 0.0696. The van der Waals surface area contributed by atoms with Crippen molar-refractivity contribution in [3.05, 3.63) is 112 Å². The molecule has 41 heavy (non-hydrogen) atoms. The van der Waals surface area contributed by atoms with E-state index in [1.165, 1.54) is 11.8 Å². The molecule has 0 saturated carbocycles. The quantitative estimate of drug-likeness (QED) is 0.159. The maximum Gasteiger partial charge on any atom is 0.335 e. The summed E-state index contributed by atoms with van der Waals surface area (Å²) in [5.74, 6) is 1.43. The van der Waals surface area contributed by atoms with E-state index in [2.05, 4.69) is 42.3 Å². The molecule has 0 aliphatic carbocycles. The zero-order valence-electron chi connectivity index (χ0n) is 22.3. The van der Waals surface area contributed by atoms with Crippen LogP contribution in [-0.2, 0) is 18.7 Å². The van der Waals surface area contributed by atoms with E-state index in [-0.39, 0.29) is 0 Å². The second-order valence-corrected chi connectivity index (χ2v) is 10.6. The predicted molar refractivity (Wildman–Crippen MR) is 155 cm³/mol. The average Bonchev–Trinajstić information content (AvgIpc) is 3.66. The maximum absolute atomic E-state index is 11.7. The molecule has 1 atom stereocenters. The van der Waals surface area contributed by atoms with Gasteiger partial charge in [0.1, 0.15) is 11.6 Å². The van der Waals surface area contributed by atoms with Gasteiger partial charge in [-0.15, -0.1) is 20.4 Å². The molecule has 0 saturated heterocycles. The van der Waals surface area contributed by atoms with Crippen LogP contribution in [0.15, 0.2) is 78.0 Å². The van der Waals surface area contributed by atoms with Gasteiger partial charge in [0.15, 0.2) is 11.3 Å². The maximum atomic E-state index is 11.7. The van der Waals surface area contributed by atoms with Gasteiger partial charge < -0.3 is 14.4 Å². The lowest BCUT2D eigenvalue weighted by Gasteiger charge is -2.18. The van der Waals surface area contributed by atoms with Gasteiger partial charge in [-0.1, -0.05) is 90.5 Å². The fraction of sp³-hybridized carbons (Fsp3) is 0.241. The molecule has 0 bridgehead atoms. The van der Waals surface area contributed by atoms with Crippen molar-refractivity contribution in [2.75, 3.05) is 0 Å². The number of unbranched alkanes of at least 4 members (excludes halogenated alkanes) is 1. The Hall–Kier alpha value is -4.22. The lowest BCUT2D eigenvalue weighted by Crippen LogP contribution is -2.12. The molecule has 2 N–H and O–H groups in total. The van der Waals surface area contributed by atoms with Gasteiger partial charge in [0.2, 0.25) is 5.82 Å². The first kappa shape index (κ1) is 28.3. The Labute approximate surface area is 246 Å². The van der Waals surface area contributed by atoms with E-state index in [0.717, 1.165) is 46.9 Å².